The van der Waals surface area contributed by atoms with E-state index in [4.69, 9.17) is 5.73 Å². The highest BCUT2D eigenvalue weighted by Crippen LogP contribution is 2.32. The molecule has 0 saturated heterocycles. The largest absolute Gasteiger partial charge is 0.326 e. The van der Waals surface area contributed by atoms with Crippen LogP contribution < -0.4 is 5.73 Å². The van der Waals surface area contributed by atoms with Gasteiger partial charge in [-0.05, 0) is 49.9 Å². The molecule has 2 rings (SSSR count). The molecule has 2 N–H and O–H groups in total. The molecule has 3 nitrogen and oxygen atoms in total. The Kier molecular flexibility index (Phi) is 3.26. The highest BCUT2D eigenvalue weighted by molar-refractivity contribution is 5.72. The summed E-state index contributed by atoms with van der Waals surface area (Å²) in [4.78, 5) is 0. The molecule has 0 saturated carbocycles. The lowest BCUT2D eigenvalue weighted by atomic mass is 9.91. The van der Waals surface area contributed by atoms with Gasteiger partial charge >= 0.3 is 0 Å². The number of nitrogens with two attached hydrogens (primary N) is 1. The lowest BCUT2D eigenvalue weighted by molar-refractivity contribution is 0.769. The van der Waals surface area contributed by atoms with Crippen LogP contribution in [0.15, 0.2) is 12.3 Å². The molecule has 0 aliphatic rings. The first-order chi connectivity index (χ1) is 8.45. The van der Waals surface area contributed by atoms with E-state index in [0.29, 0.717) is 6.54 Å². The first-order valence-corrected chi connectivity index (χ1v) is 6.26. The van der Waals surface area contributed by atoms with Crippen LogP contribution in [-0.2, 0) is 13.6 Å². The molecule has 1 heterocycles. The summed E-state index contributed by atoms with van der Waals surface area (Å²) < 4.78 is 1.84. The fraction of sp³-hybridized carbons (Fsp3) is 0.400. The average Bonchev–Trinajstić information content (AvgIpc) is 2.68. The van der Waals surface area contributed by atoms with Crippen molar-refractivity contribution in [2.24, 2.45) is 12.8 Å². The third-order valence-electron chi connectivity index (χ3n) is 3.73. The minimum Gasteiger partial charge on any atom is -0.326 e. The third-order valence-corrected chi connectivity index (χ3v) is 3.73. The molecule has 18 heavy (non-hydrogen) atoms. The maximum absolute atomic E-state index is 5.82. The Labute approximate surface area is 109 Å². The fourth-order valence-corrected chi connectivity index (χ4v) is 2.47. The van der Waals surface area contributed by atoms with Crippen molar-refractivity contribution in [1.82, 2.24) is 9.78 Å². The van der Waals surface area contributed by atoms with Gasteiger partial charge in [0.1, 0.15) is 0 Å². The van der Waals surface area contributed by atoms with Gasteiger partial charge in [0, 0.05) is 30.9 Å². The van der Waals surface area contributed by atoms with Gasteiger partial charge in [0.2, 0.25) is 0 Å². The Bertz CT molecular complexity index is 568. The van der Waals surface area contributed by atoms with Crippen LogP contribution in [0.4, 0.5) is 0 Å². The second-order valence-electron chi connectivity index (χ2n) is 5.02. The lowest BCUT2D eigenvalue weighted by Crippen LogP contribution is -2.01. The molecule has 1 aromatic heterocycles. The first-order valence-electron chi connectivity index (χ1n) is 6.26. The van der Waals surface area contributed by atoms with Crippen LogP contribution >= 0.6 is 0 Å². The van der Waals surface area contributed by atoms with Crippen molar-refractivity contribution < 1.29 is 0 Å². The molecule has 96 valence electrons. The van der Waals surface area contributed by atoms with Gasteiger partial charge in [-0.25, -0.2) is 0 Å². The van der Waals surface area contributed by atoms with Crippen LogP contribution in [0.2, 0.25) is 0 Å². The van der Waals surface area contributed by atoms with E-state index in [2.05, 4.69) is 38.9 Å². The van der Waals surface area contributed by atoms with Crippen LogP contribution in [0.25, 0.3) is 11.3 Å². The fourth-order valence-electron chi connectivity index (χ4n) is 2.47. The number of hydrogen-bond donors (Lipinski definition) is 1. The van der Waals surface area contributed by atoms with E-state index >= 15 is 0 Å². The molecule has 3 heteroatoms. The number of hydrogen-bond acceptors (Lipinski definition) is 2. The first kappa shape index (κ1) is 12.8. The van der Waals surface area contributed by atoms with Crippen LogP contribution in [0, 0.1) is 27.7 Å². The number of aryl methyl sites for hydroxylation is 3. The second kappa shape index (κ2) is 4.58. The molecule has 0 radical (unpaired) electrons. The van der Waals surface area contributed by atoms with Gasteiger partial charge in [-0.15, -0.1) is 0 Å². The Balaban J connectivity index is 2.77. The zero-order valence-electron chi connectivity index (χ0n) is 11.8. The molecule has 0 aliphatic heterocycles. The molecular formula is C15H21N3. The topological polar surface area (TPSA) is 43.8 Å². The molecule has 0 unspecified atom stereocenters. The van der Waals surface area contributed by atoms with Gasteiger partial charge in [-0.2, -0.15) is 5.10 Å². The van der Waals surface area contributed by atoms with Crippen molar-refractivity contribution >= 4 is 0 Å². The molecule has 0 amide bonds. The molecule has 0 spiro atoms. The van der Waals surface area contributed by atoms with Crippen molar-refractivity contribution in [2.75, 3.05) is 0 Å². The quantitative estimate of drug-likeness (QED) is 0.881. The van der Waals surface area contributed by atoms with Crippen molar-refractivity contribution in [3.8, 4) is 11.3 Å². The second-order valence-corrected chi connectivity index (χ2v) is 5.02. The highest BCUT2D eigenvalue weighted by Gasteiger charge is 2.16. The molecule has 0 aliphatic carbocycles. The summed E-state index contributed by atoms with van der Waals surface area (Å²) in [6, 6.07) is 2.24. The molecule has 2 aromatic rings. The van der Waals surface area contributed by atoms with Crippen LogP contribution in [-0.4, -0.2) is 9.78 Å². The monoisotopic (exact) mass is 243 g/mol. The Hall–Kier alpha value is -1.61. The van der Waals surface area contributed by atoms with Gasteiger partial charge in [0.05, 0.1) is 5.69 Å². The Morgan fingerprint density at radius 1 is 1.11 bits per heavy atom. The Morgan fingerprint density at radius 3 is 2.17 bits per heavy atom. The average molecular weight is 243 g/mol. The minimum atomic E-state index is 0.523. The zero-order valence-corrected chi connectivity index (χ0v) is 11.8. The van der Waals surface area contributed by atoms with Gasteiger partial charge in [0.25, 0.3) is 0 Å². The molecule has 0 fully saturated rings. The van der Waals surface area contributed by atoms with Crippen molar-refractivity contribution in [1.29, 1.82) is 0 Å². The normalized spacial score (nSPS) is 11.0. The summed E-state index contributed by atoms with van der Waals surface area (Å²) in [7, 11) is 1.94. The number of benzene rings is 1. The van der Waals surface area contributed by atoms with Crippen LogP contribution in [0.3, 0.4) is 0 Å². The predicted molar refractivity (Wildman–Crippen MR) is 75.5 cm³/mol. The standard InChI is InChI=1S/C15H21N3/c1-9-6-10(2)12(4)14(11(9)3)15-13(7-16)8-18(5)17-15/h6,8H,7,16H2,1-5H3. The van der Waals surface area contributed by atoms with Gasteiger partial charge in [-0.3, -0.25) is 4.68 Å². The smallest absolute Gasteiger partial charge is 0.0973 e. The maximum atomic E-state index is 5.82. The molecule has 1 aromatic carbocycles. The highest BCUT2D eigenvalue weighted by atomic mass is 15.3. The van der Waals surface area contributed by atoms with Gasteiger partial charge in [-0.1, -0.05) is 6.07 Å². The number of aromatic nitrogens is 2. The molecule has 0 bridgehead atoms. The zero-order chi connectivity index (χ0) is 13.4. The van der Waals surface area contributed by atoms with E-state index in [-0.39, 0.29) is 0 Å². The number of rotatable bonds is 2. The third kappa shape index (κ3) is 1.95. The summed E-state index contributed by atoms with van der Waals surface area (Å²) in [6.07, 6.45) is 2.01. The lowest BCUT2D eigenvalue weighted by Gasteiger charge is -2.14. The summed E-state index contributed by atoms with van der Waals surface area (Å²) in [5, 5.41) is 4.59. The van der Waals surface area contributed by atoms with E-state index in [1.807, 2.05) is 17.9 Å². The summed E-state index contributed by atoms with van der Waals surface area (Å²) >= 11 is 0. The van der Waals surface area contributed by atoms with Crippen LogP contribution in [0.5, 0.6) is 0 Å². The van der Waals surface area contributed by atoms with E-state index < -0.39 is 0 Å². The predicted octanol–water partition coefficient (Wildman–Crippen LogP) is 2.78. The van der Waals surface area contributed by atoms with Crippen LogP contribution in [0.1, 0.15) is 27.8 Å². The van der Waals surface area contributed by atoms with Gasteiger partial charge in [0.15, 0.2) is 0 Å². The summed E-state index contributed by atoms with van der Waals surface area (Å²) in [5.74, 6) is 0. The van der Waals surface area contributed by atoms with Crippen molar-refractivity contribution in [3.63, 3.8) is 0 Å². The maximum Gasteiger partial charge on any atom is 0.0973 e. The summed E-state index contributed by atoms with van der Waals surface area (Å²) in [6.45, 7) is 9.14. The Morgan fingerprint density at radius 2 is 1.67 bits per heavy atom. The van der Waals surface area contributed by atoms with Crippen molar-refractivity contribution in [2.45, 2.75) is 34.2 Å². The van der Waals surface area contributed by atoms with Crippen molar-refractivity contribution in [3.05, 3.63) is 40.1 Å². The number of nitrogens with zero attached hydrogens (tertiary/aromatic N) is 2. The summed E-state index contributed by atoms with van der Waals surface area (Å²) in [5.41, 5.74) is 14.4. The van der Waals surface area contributed by atoms with Gasteiger partial charge < -0.3 is 5.73 Å². The molecule has 0 atom stereocenters. The van der Waals surface area contributed by atoms with E-state index in [1.54, 1.807) is 0 Å². The minimum absolute atomic E-state index is 0.523. The molecular weight excluding hydrogens is 222 g/mol. The SMILES string of the molecule is Cc1cc(C)c(C)c(-c2nn(C)cc2CN)c1C. The van der Waals surface area contributed by atoms with E-state index in [1.165, 1.54) is 27.8 Å². The van der Waals surface area contributed by atoms with E-state index in [0.717, 1.165) is 11.3 Å². The van der Waals surface area contributed by atoms with E-state index in [9.17, 15) is 0 Å².